The van der Waals surface area contributed by atoms with E-state index in [-0.39, 0.29) is 6.10 Å². The summed E-state index contributed by atoms with van der Waals surface area (Å²) in [6, 6.07) is 4.11. The van der Waals surface area contributed by atoms with Crippen molar-refractivity contribution < 1.29 is 14.6 Å². The summed E-state index contributed by atoms with van der Waals surface area (Å²) in [4.78, 5) is 2.26. The molecule has 1 unspecified atom stereocenters. The van der Waals surface area contributed by atoms with E-state index in [4.69, 9.17) is 9.47 Å². The summed E-state index contributed by atoms with van der Waals surface area (Å²) >= 11 is 0. The third-order valence-corrected chi connectivity index (χ3v) is 3.32. The van der Waals surface area contributed by atoms with Gasteiger partial charge in [0.15, 0.2) is 11.5 Å². The number of aliphatic hydroxyl groups is 1. The lowest BCUT2D eigenvalue weighted by Gasteiger charge is -2.30. The highest BCUT2D eigenvalue weighted by Gasteiger charge is 2.19. The van der Waals surface area contributed by atoms with Crippen LogP contribution in [0.3, 0.4) is 0 Å². The van der Waals surface area contributed by atoms with E-state index in [2.05, 4.69) is 11.0 Å². The van der Waals surface area contributed by atoms with Crippen molar-refractivity contribution in [1.29, 1.82) is 0 Å². The number of benzene rings is 1. The number of ether oxygens (including phenoxy) is 2. The number of hydrogen-bond donors (Lipinski definition) is 1. The molecule has 0 saturated heterocycles. The van der Waals surface area contributed by atoms with Gasteiger partial charge in [-0.1, -0.05) is 0 Å². The summed E-state index contributed by atoms with van der Waals surface area (Å²) in [6.45, 7) is 4.38. The van der Waals surface area contributed by atoms with Crippen molar-refractivity contribution in [3.63, 3.8) is 0 Å². The predicted octanol–water partition coefficient (Wildman–Crippen LogP) is 1.44. The molecule has 0 aliphatic carbocycles. The highest BCUT2D eigenvalue weighted by Crippen LogP contribution is 2.33. The minimum Gasteiger partial charge on any atom is -0.493 e. The predicted molar refractivity (Wildman–Crippen MR) is 70.2 cm³/mol. The maximum absolute atomic E-state index is 9.45. The average molecular weight is 251 g/mol. The average Bonchev–Trinajstić information content (AvgIpc) is 2.36. The van der Waals surface area contributed by atoms with Gasteiger partial charge in [0.05, 0.1) is 20.3 Å². The van der Waals surface area contributed by atoms with Crippen LogP contribution in [0.15, 0.2) is 12.1 Å². The molecule has 4 nitrogen and oxygen atoms in total. The normalized spacial score (nSPS) is 17.1. The van der Waals surface area contributed by atoms with Gasteiger partial charge in [-0.05, 0) is 36.6 Å². The van der Waals surface area contributed by atoms with Crippen LogP contribution < -0.4 is 9.47 Å². The van der Waals surface area contributed by atoms with Gasteiger partial charge in [0.1, 0.15) is 0 Å². The summed E-state index contributed by atoms with van der Waals surface area (Å²) in [5.74, 6) is 1.57. The zero-order valence-corrected chi connectivity index (χ0v) is 11.3. The van der Waals surface area contributed by atoms with Crippen LogP contribution >= 0.6 is 0 Å². The maximum atomic E-state index is 9.45. The fourth-order valence-electron chi connectivity index (χ4n) is 2.47. The second-order valence-electron chi connectivity index (χ2n) is 4.81. The van der Waals surface area contributed by atoms with Crippen LogP contribution in [0, 0.1) is 0 Å². The van der Waals surface area contributed by atoms with Crippen LogP contribution in [0.5, 0.6) is 11.5 Å². The van der Waals surface area contributed by atoms with E-state index in [9.17, 15) is 5.11 Å². The molecule has 0 bridgehead atoms. The van der Waals surface area contributed by atoms with Crippen LogP contribution in [-0.2, 0) is 13.0 Å². The monoisotopic (exact) mass is 251 g/mol. The highest BCUT2D eigenvalue weighted by molar-refractivity contribution is 5.48. The molecule has 1 atom stereocenters. The zero-order valence-electron chi connectivity index (χ0n) is 11.3. The number of aliphatic hydroxyl groups excluding tert-OH is 1. The van der Waals surface area contributed by atoms with Crippen LogP contribution in [0.2, 0.25) is 0 Å². The molecule has 1 aromatic rings. The Kier molecular flexibility index (Phi) is 4.09. The lowest BCUT2D eigenvalue weighted by molar-refractivity contribution is 0.119. The number of nitrogens with zero attached hydrogens (tertiary/aromatic N) is 1. The molecule has 0 radical (unpaired) electrons. The van der Waals surface area contributed by atoms with E-state index >= 15 is 0 Å². The molecule has 1 aliphatic rings. The van der Waals surface area contributed by atoms with Crippen LogP contribution in [0.25, 0.3) is 0 Å². The van der Waals surface area contributed by atoms with Crippen molar-refractivity contribution in [2.75, 3.05) is 27.3 Å². The fraction of sp³-hybridized carbons (Fsp3) is 0.571. The molecule has 0 amide bonds. The Morgan fingerprint density at radius 2 is 1.83 bits per heavy atom. The van der Waals surface area contributed by atoms with Crippen LogP contribution in [0.4, 0.5) is 0 Å². The summed E-state index contributed by atoms with van der Waals surface area (Å²) in [5, 5.41) is 9.45. The van der Waals surface area contributed by atoms with E-state index in [1.807, 2.05) is 13.0 Å². The van der Waals surface area contributed by atoms with Gasteiger partial charge in [0.25, 0.3) is 0 Å². The van der Waals surface area contributed by atoms with Crippen molar-refractivity contribution in [1.82, 2.24) is 4.90 Å². The molecule has 1 N–H and O–H groups in total. The fourth-order valence-corrected chi connectivity index (χ4v) is 2.47. The Bertz CT molecular complexity index is 418. The van der Waals surface area contributed by atoms with Gasteiger partial charge < -0.3 is 14.6 Å². The molecule has 0 saturated carbocycles. The highest BCUT2D eigenvalue weighted by atomic mass is 16.5. The first-order valence-electron chi connectivity index (χ1n) is 6.28. The molecular formula is C14H21NO3. The van der Waals surface area contributed by atoms with E-state index in [1.165, 1.54) is 11.1 Å². The van der Waals surface area contributed by atoms with Gasteiger partial charge in [-0.25, -0.2) is 0 Å². The summed E-state index contributed by atoms with van der Waals surface area (Å²) in [7, 11) is 3.31. The van der Waals surface area contributed by atoms with Gasteiger partial charge in [0.2, 0.25) is 0 Å². The second kappa shape index (κ2) is 5.59. The van der Waals surface area contributed by atoms with E-state index < -0.39 is 0 Å². The number of rotatable bonds is 4. The first-order valence-corrected chi connectivity index (χ1v) is 6.28. The van der Waals surface area contributed by atoms with Crippen LogP contribution in [0.1, 0.15) is 18.1 Å². The number of hydrogen-bond acceptors (Lipinski definition) is 4. The van der Waals surface area contributed by atoms with Gasteiger partial charge in [-0.2, -0.15) is 0 Å². The SMILES string of the molecule is COc1cc2c(cc1OC)CN(CC(C)O)CC2. The molecule has 100 valence electrons. The first-order chi connectivity index (χ1) is 8.63. The first kappa shape index (κ1) is 13.2. The second-order valence-corrected chi connectivity index (χ2v) is 4.81. The topological polar surface area (TPSA) is 41.9 Å². The molecular weight excluding hydrogens is 230 g/mol. The van der Waals surface area contributed by atoms with Gasteiger partial charge >= 0.3 is 0 Å². The molecule has 18 heavy (non-hydrogen) atoms. The molecule has 1 aliphatic heterocycles. The standard InChI is InChI=1S/C14H21NO3/c1-10(16)8-15-5-4-11-6-13(17-2)14(18-3)7-12(11)9-15/h6-7,10,16H,4-5,8-9H2,1-3H3. The van der Waals surface area contributed by atoms with Crippen molar-refractivity contribution in [2.24, 2.45) is 0 Å². The number of fused-ring (bicyclic) bond motifs is 1. The third kappa shape index (κ3) is 2.76. The molecule has 4 heteroatoms. The number of methoxy groups -OCH3 is 2. The molecule has 1 heterocycles. The molecule has 2 rings (SSSR count). The minimum atomic E-state index is -0.285. The molecule has 1 aromatic carbocycles. The van der Waals surface area contributed by atoms with Crippen molar-refractivity contribution >= 4 is 0 Å². The Morgan fingerprint density at radius 3 is 2.39 bits per heavy atom. The summed E-state index contributed by atoms with van der Waals surface area (Å²) in [6.07, 6.45) is 0.703. The Labute approximate surface area is 108 Å². The lowest BCUT2D eigenvalue weighted by Crippen LogP contribution is -2.35. The molecule has 0 aromatic heterocycles. The maximum Gasteiger partial charge on any atom is 0.161 e. The Morgan fingerprint density at radius 1 is 1.22 bits per heavy atom. The largest absolute Gasteiger partial charge is 0.493 e. The van der Waals surface area contributed by atoms with E-state index in [0.29, 0.717) is 6.54 Å². The quantitative estimate of drug-likeness (QED) is 0.879. The van der Waals surface area contributed by atoms with Crippen molar-refractivity contribution in [3.8, 4) is 11.5 Å². The van der Waals surface area contributed by atoms with Gasteiger partial charge in [-0.15, -0.1) is 0 Å². The summed E-state index contributed by atoms with van der Waals surface area (Å²) < 4.78 is 10.6. The van der Waals surface area contributed by atoms with Gasteiger partial charge in [0, 0.05) is 19.6 Å². The Balaban J connectivity index is 2.21. The van der Waals surface area contributed by atoms with Gasteiger partial charge in [-0.3, -0.25) is 4.90 Å². The Hall–Kier alpha value is -1.26. The zero-order chi connectivity index (χ0) is 13.1. The van der Waals surface area contributed by atoms with E-state index in [0.717, 1.165) is 31.0 Å². The third-order valence-electron chi connectivity index (χ3n) is 3.32. The van der Waals surface area contributed by atoms with E-state index in [1.54, 1.807) is 14.2 Å². The van der Waals surface area contributed by atoms with Crippen molar-refractivity contribution in [3.05, 3.63) is 23.3 Å². The molecule has 0 fully saturated rings. The number of β-amino-alcohol motifs (C(OH)–C–C–N with tert-alkyl or cyclic N) is 1. The van der Waals surface area contributed by atoms with Crippen LogP contribution in [-0.4, -0.2) is 43.4 Å². The van der Waals surface area contributed by atoms with Crippen molar-refractivity contribution in [2.45, 2.75) is 26.0 Å². The lowest BCUT2D eigenvalue weighted by atomic mass is 9.98. The molecule has 0 spiro atoms. The minimum absolute atomic E-state index is 0.285. The smallest absolute Gasteiger partial charge is 0.161 e. The summed E-state index contributed by atoms with van der Waals surface area (Å²) in [5.41, 5.74) is 2.58.